The minimum Gasteiger partial charge on any atom is -0.481 e. The number of aliphatic carboxylic acids is 1. The largest absolute Gasteiger partial charge is 0.481 e. The Morgan fingerprint density at radius 1 is 1.62 bits per heavy atom. The Morgan fingerprint density at radius 3 is 2.88 bits per heavy atom. The van der Waals surface area contributed by atoms with Crippen LogP contribution in [0.4, 0.5) is 0 Å². The monoisotopic (exact) mass is 227 g/mol. The summed E-state index contributed by atoms with van der Waals surface area (Å²) in [5, 5.41) is 12.1. The van der Waals surface area contributed by atoms with E-state index in [1.807, 2.05) is 0 Å². The van der Waals surface area contributed by atoms with Gasteiger partial charge < -0.3 is 9.63 Å². The van der Waals surface area contributed by atoms with Crippen LogP contribution in [0.2, 0.25) is 0 Å². The number of nitrogens with zero attached hydrogens (tertiary/aromatic N) is 3. The molecule has 90 valence electrons. The van der Waals surface area contributed by atoms with Crippen LogP contribution in [-0.2, 0) is 11.3 Å². The highest BCUT2D eigenvalue weighted by Gasteiger charge is 2.13. The number of carboxylic acid groups (broad SMARTS) is 1. The lowest BCUT2D eigenvalue weighted by atomic mass is 10.2. The third-order valence-electron chi connectivity index (χ3n) is 2.31. The molecule has 1 N–H and O–H groups in total. The van der Waals surface area contributed by atoms with Crippen LogP contribution < -0.4 is 0 Å². The average Bonchev–Trinajstić information content (AvgIpc) is 2.68. The van der Waals surface area contributed by atoms with Crippen LogP contribution >= 0.6 is 0 Å². The Kier molecular flexibility index (Phi) is 4.91. The molecule has 6 heteroatoms. The van der Waals surface area contributed by atoms with Crippen LogP contribution in [0.3, 0.4) is 0 Å². The minimum absolute atomic E-state index is 0.188. The highest BCUT2D eigenvalue weighted by Crippen LogP contribution is 2.07. The summed E-state index contributed by atoms with van der Waals surface area (Å²) in [5.41, 5.74) is 0. The normalized spacial score (nSPS) is 11.2. The number of hydrogen-bond donors (Lipinski definition) is 1. The Balaban J connectivity index is 2.39. The van der Waals surface area contributed by atoms with Gasteiger partial charge in [0.05, 0.1) is 6.54 Å². The van der Waals surface area contributed by atoms with Crippen molar-refractivity contribution < 1.29 is 14.4 Å². The number of hydrogen-bond acceptors (Lipinski definition) is 5. The van der Waals surface area contributed by atoms with E-state index in [2.05, 4.69) is 28.9 Å². The van der Waals surface area contributed by atoms with Gasteiger partial charge in [0, 0.05) is 12.5 Å². The zero-order valence-corrected chi connectivity index (χ0v) is 9.59. The molecular weight excluding hydrogens is 210 g/mol. The first-order valence-corrected chi connectivity index (χ1v) is 5.31. The maximum atomic E-state index is 10.4. The van der Waals surface area contributed by atoms with Crippen molar-refractivity contribution in [3.63, 3.8) is 0 Å². The van der Waals surface area contributed by atoms with E-state index in [1.54, 1.807) is 0 Å². The van der Waals surface area contributed by atoms with Gasteiger partial charge in [-0.25, -0.2) is 0 Å². The molecule has 0 unspecified atom stereocenters. The van der Waals surface area contributed by atoms with E-state index in [1.165, 1.54) is 6.33 Å². The van der Waals surface area contributed by atoms with Gasteiger partial charge in [-0.1, -0.05) is 5.16 Å². The first kappa shape index (κ1) is 12.6. The fraction of sp³-hybridized carbons (Fsp3) is 0.700. The first-order chi connectivity index (χ1) is 7.59. The molecule has 0 spiro atoms. The van der Waals surface area contributed by atoms with Crippen molar-refractivity contribution in [3.05, 3.63) is 12.2 Å². The summed E-state index contributed by atoms with van der Waals surface area (Å²) in [7, 11) is 0. The number of aromatic nitrogens is 2. The second kappa shape index (κ2) is 6.22. The number of carbonyl (C=O) groups is 1. The van der Waals surface area contributed by atoms with Crippen molar-refractivity contribution in [2.24, 2.45) is 0 Å². The summed E-state index contributed by atoms with van der Waals surface area (Å²) in [6, 6.07) is 0.320. The van der Waals surface area contributed by atoms with E-state index in [0.29, 0.717) is 31.4 Å². The topological polar surface area (TPSA) is 79.5 Å². The average molecular weight is 227 g/mol. The number of carboxylic acids is 1. The highest BCUT2D eigenvalue weighted by atomic mass is 16.5. The Hall–Kier alpha value is -1.43. The molecule has 1 aromatic heterocycles. The molecule has 0 fully saturated rings. The summed E-state index contributed by atoms with van der Waals surface area (Å²) in [6.45, 7) is 5.39. The molecule has 0 aliphatic carbocycles. The van der Waals surface area contributed by atoms with E-state index in [0.717, 1.165) is 0 Å². The molecule has 0 atom stereocenters. The molecule has 6 nitrogen and oxygen atoms in total. The van der Waals surface area contributed by atoms with Crippen LogP contribution in [0.25, 0.3) is 0 Å². The van der Waals surface area contributed by atoms with E-state index in [-0.39, 0.29) is 6.42 Å². The van der Waals surface area contributed by atoms with Gasteiger partial charge in [-0.2, -0.15) is 4.98 Å². The van der Waals surface area contributed by atoms with Crippen molar-refractivity contribution in [2.45, 2.75) is 39.3 Å². The molecular formula is C10H17N3O3. The van der Waals surface area contributed by atoms with E-state index >= 15 is 0 Å². The van der Waals surface area contributed by atoms with Gasteiger partial charge >= 0.3 is 5.97 Å². The van der Waals surface area contributed by atoms with Crippen molar-refractivity contribution in [2.75, 3.05) is 6.54 Å². The van der Waals surface area contributed by atoms with Gasteiger partial charge in [-0.15, -0.1) is 0 Å². The quantitative estimate of drug-likeness (QED) is 0.752. The second-order valence-corrected chi connectivity index (χ2v) is 3.90. The van der Waals surface area contributed by atoms with E-state index < -0.39 is 5.97 Å². The molecule has 0 amide bonds. The molecule has 0 bridgehead atoms. The van der Waals surface area contributed by atoms with Gasteiger partial charge in [0.1, 0.15) is 0 Å². The summed E-state index contributed by atoms with van der Waals surface area (Å²) in [5.74, 6) is -0.203. The van der Waals surface area contributed by atoms with Crippen LogP contribution in [0.15, 0.2) is 10.9 Å². The molecule has 0 aromatic carbocycles. The van der Waals surface area contributed by atoms with Gasteiger partial charge in [-0.05, 0) is 26.8 Å². The SMILES string of the molecule is CC(C)N(CCCC(=O)O)Cc1ncno1. The molecule has 0 saturated heterocycles. The minimum atomic E-state index is -0.763. The fourth-order valence-corrected chi connectivity index (χ4v) is 1.39. The molecule has 1 aromatic rings. The zero-order valence-electron chi connectivity index (χ0n) is 9.59. The summed E-state index contributed by atoms with van der Waals surface area (Å²) >= 11 is 0. The maximum absolute atomic E-state index is 10.4. The van der Waals surface area contributed by atoms with Crippen LogP contribution in [0.5, 0.6) is 0 Å². The molecule has 1 rings (SSSR count). The molecule has 0 radical (unpaired) electrons. The van der Waals surface area contributed by atoms with Crippen molar-refractivity contribution >= 4 is 5.97 Å². The predicted octanol–water partition coefficient (Wildman–Crippen LogP) is 1.14. The lowest BCUT2D eigenvalue weighted by molar-refractivity contribution is -0.137. The summed E-state index contributed by atoms with van der Waals surface area (Å²) < 4.78 is 4.92. The van der Waals surface area contributed by atoms with E-state index in [4.69, 9.17) is 9.63 Å². The van der Waals surface area contributed by atoms with Gasteiger partial charge in [0.2, 0.25) is 5.89 Å². The lowest BCUT2D eigenvalue weighted by Gasteiger charge is -2.24. The predicted molar refractivity (Wildman–Crippen MR) is 56.7 cm³/mol. The Bertz CT molecular complexity index is 311. The van der Waals surface area contributed by atoms with Crippen LogP contribution in [-0.4, -0.2) is 38.7 Å². The van der Waals surface area contributed by atoms with Crippen molar-refractivity contribution in [1.29, 1.82) is 0 Å². The van der Waals surface area contributed by atoms with Crippen LogP contribution in [0, 0.1) is 0 Å². The smallest absolute Gasteiger partial charge is 0.303 e. The van der Waals surface area contributed by atoms with Gasteiger partial charge in [0.25, 0.3) is 0 Å². The summed E-state index contributed by atoms with van der Waals surface area (Å²) in [4.78, 5) is 16.5. The first-order valence-electron chi connectivity index (χ1n) is 5.31. The Morgan fingerprint density at radius 2 is 2.38 bits per heavy atom. The summed E-state index contributed by atoms with van der Waals surface area (Å²) in [6.07, 6.45) is 2.18. The molecule has 16 heavy (non-hydrogen) atoms. The highest BCUT2D eigenvalue weighted by molar-refractivity contribution is 5.66. The van der Waals surface area contributed by atoms with Gasteiger partial charge in [0.15, 0.2) is 6.33 Å². The molecule has 0 aliphatic heterocycles. The lowest BCUT2D eigenvalue weighted by Crippen LogP contribution is -2.31. The molecule has 0 saturated carbocycles. The second-order valence-electron chi connectivity index (χ2n) is 3.90. The third kappa shape index (κ3) is 4.39. The zero-order chi connectivity index (χ0) is 12.0. The van der Waals surface area contributed by atoms with Crippen LogP contribution in [0.1, 0.15) is 32.6 Å². The molecule has 1 heterocycles. The third-order valence-corrected chi connectivity index (χ3v) is 2.31. The molecule has 0 aliphatic rings. The maximum Gasteiger partial charge on any atom is 0.303 e. The Labute approximate surface area is 94.3 Å². The fourth-order valence-electron chi connectivity index (χ4n) is 1.39. The number of rotatable bonds is 7. The van der Waals surface area contributed by atoms with E-state index in [9.17, 15) is 4.79 Å². The van der Waals surface area contributed by atoms with Crippen molar-refractivity contribution in [3.8, 4) is 0 Å². The van der Waals surface area contributed by atoms with Gasteiger partial charge in [-0.3, -0.25) is 9.69 Å². The standard InChI is InChI=1S/C10H17N3O3/c1-8(2)13(5-3-4-10(14)15)6-9-11-7-12-16-9/h7-8H,3-6H2,1-2H3,(H,14,15). The van der Waals surface area contributed by atoms with Crippen molar-refractivity contribution in [1.82, 2.24) is 15.0 Å².